The first kappa shape index (κ1) is 10.5. The standard InChI is InChI=1S/C5H12O.Fe/c1-2-3-4-5-6;/h6H,2-5H2,1H3;. The van der Waals surface area contributed by atoms with Crippen LogP contribution in [0.2, 0.25) is 0 Å². The van der Waals surface area contributed by atoms with Crippen LogP contribution in [-0.4, -0.2) is 11.7 Å². The fourth-order valence-corrected chi connectivity index (χ4v) is 0.362. The third kappa shape index (κ3) is 10.7. The van der Waals surface area contributed by atoms with Crippen molar-refractivity contribution in [2.75, 3.05) is 6.61 Å². The molecule has 2 heteroatoms. The molecule has 46 valence electrons. The van der Waals surface area contributed by atoms with Gasteiger partial charge in [-0.1, -0.05) is 19.8 Å². The number of unbranched alkanes of at least 4 members (excludes halogenated alkanes) is 2. The van der Waals surface area contributed by atoms with E-state index in [1.807, 2.05) is 0 Å². The molecule has 1 N–H and O–H groups in total. The molecule has 0 atom stereocenters. The first-order chi connectivity index (χ1) is 2.91. The molecule has 0 aromatic heterocycles. The van der Waals surface area contributed by atoms with Crippen LogP contribution >= 0.6 is 0 Å². The van der Waals surface area contributed by atoms with Crippen LogP contribution in [0, 0.1) is 0 Å². The largest absolute Gasteiger partial charge is 0.396 e. The molecule has 0 aliphatic rings. The van der Waals surface area contributed by atoms with E-state index in [-0.39, 0.29) is 17.1 Å². The molecular weight excluding hydrogens is 132 g/mol. The molecule has 0 spiro atoms. The molecule has 0 radical (unpaired) electrons. The molecule has 0 rings (SSSR count). The smallest absolute Gasteiger partial charge is 0.0431 e. The molecule has 7 heavy (non-hydrogen) atoms. The van der Waals surface area contributed by atoms with Crippen molar-refractivity contribution in [3.8, 4) is 0 Å². The molecule has 0 saturated heterocycles. The van der Waals surface area contributed by atoms with Crippen LogP contribution in [0.15, 0.2) is 0 Å². The zero-order chi connectivity index (χ0) is 4.83. The second kappa shape index (κ2) is 9.70. The Balaban J connectivity index is 0. The minimum atomic E-state index is 0. The van der Waals surface area contributed by atoms with Gasteiger partial charge in [0.1, 0.15) is 0 Å². The van der Waals surface area contributed by atoms with Crippen LogP contribution < -0.4 is 0 Å². The SMILES string of the molecule is CCCCCO.[Fe]. The molecule has 0 heterocycles. The summed E-state index contributed by atoms with van der Waals surface area (Å²) < 4.78 is 0. The van der Waals surface area contributed by atoms with Gasteiger partial charge in [-0.15, -0.1) is 0 Å². The third-order valence-corrected chi connectivity index (χ3v) is 0.762. The van der Waals surface area contributed by atoms with E-state index in [4.69, 9.17) is 5.11 Å². The van der Waals surface area contributed by atoms with Crippen LogP contribution in [0.5, 0.6) is 0 Å². The van der Waals surface area contributed by atoms with Gasteiger partial charge in [0.2, 0.25) is 0 Å². The number of hydrogen-bond acceptors (Lipinski definition) is 1. The number of rotatable bonds is 3. The van der Waals surface area contributed by atoms with Crippen molar-refractivity contribution in [2.45, 2.75) is 26.2 Å². The van der Waals surface area contributed by atoms with Crippen LogP contribution in [-0.2, 0) is 17.1 Å². The van der Waals surface area contributed by atoms with Gasteiger partial charge in [-0.25, -0.2) is 0 Å². The van der Waals surface area contributed by atoms with Crippen molar-refractivity contribution in [3.05, 3.63) is 0 Å². The minimum Gasteiger partial charge on any atom is -0.396 e. The van der Waals surface area contributed by atoms with Crippen molar-refractivity contribution in [1.29, 1.82) is 0 Å². The van der Waals surface area contributed by atoms with Gasteiger partial charge in [0, 0.05) is 23.7 Å². The van der Waals surface area contributed by atoms with Gasteiger partial charge >= 0.3 is 0 Å². The predicted octanol–water partition coefficient (Wildman–Crippen LogP) is 1.17. The second-order valence-electron chi connectivity index (χ2n) is 1.43. The molecular formula is C5H12FeO. The topological polar surface area (TPSA) is 20.2 Å². The molecule has 0 aliphatic carbocycles. The molecule has 0 unspecified atom stereocenters. The van der Waals surface area contributed by atoms with Crippen LogP contribution in [0.3, 0.4) is 0 Å². The van der Waals surface area contributed by atoms with Gasteiger partial charge < -0.3 is 5.11 Å². The van der Waals surface area contributed by atoms with E-state index >= 15 is 0 Å². The molecule has 1 nitrogen and oxygen atoms in total. The average molecular weight is 144 g/mol. The van der Waals surface area contributed by atoms with E-state index in [2.05, 4.69) is 6.92 Å². The maximum atomic E-state index is 8.20. The van der Waals surface area contributed by atoms with E-state index in [0.717, 1.165) is 12.8 Å². The number of aliphatic hydroxyl groups is 1. The van der Waals surface area contributed by atoms with Gasteiger partial charge in [0.25, 0.3) is 0 Å². The Kier molecular flexibility index (Phi) is 14.5. The molecule has 0 amide bonds. The maximum Gasteiger partial charge on any atom is 0.0431 e. The first-order valence-electron chi connectivity index (χ1n) is 2.52. The third-order valence-electron chi connectivity index (χ3n) is 0.762. The van der Waals surface area contributed by atoms with Crippen molar-refractivity contribution in [2.24, 2.45) is 0 Å². The summed E-state index contributed by atoms with van der Waals surface area (Å²) in [6.45, 7) is 2.48. The van der Waals surface area contributed by atoms with Crippen LogP contribution in [0.25, 0.3) is 0 Å². The summed E-state index contributed by atoms with van der Waals surface area (Å²) in [5, 5.41) is 8.20. The van der Waals surface area contributed by atoms with E-state index in [1.165, 1.54) is 6.42 Å². The quantitative estimate of drug-likeness (QED) is 0.465. The fourth-order valence-electron chi connectivity index (χ4n) is 0.362. The van der Waals surface area contributed by atoms with E-state index in [1.54, 1.807) is 0 Å². The monoisotopic (exact) mass is 144 g/mol. The summed E-state index contributed by atoms with van der Waals surface area (Å²) >= 11 is 0. The minimum absolute atomic E-state index is 0. The van der Waals surface area contributed by atoms with E-state index in [9.17, 15) is 0 Å². The first-order valence-corrected chi connectivity index (χ1v) is 2.52. The fraction of sp³-hybridized carbons (Fsp3) is 1.00. The Labute approximate surface area is 55.6 Å². The average Bonchev–Trinajstić information content (AvgIpc) is 1.61. The maximum absolute atomic E-state index is 8.20. The molecule has 0 bridgehead atoms. The molecule has 0 aromatic rings. The zero-order valence-electron chi connectivity index (χ0n) is 4.63. The number of hydrogen-bond donors (Lipinski definition) is 1. The number of aliphatic hydroxyl groups excluding tert-OH is 1. The van der Waals surface area contributed by atoms with E-state index < -0.39 is 0 Å². The Morgan fingerprint density at radius 3 is 2.00 bits per heavy atom. The van der Waals surface area contributed by atoms with Gasteiger partial charge in [-0.05, 0) is 6.42 Å². The van der Waals surface area contributed by atoms with Crippen molar-refractivity contribution >= 4 is 0 Å². The summed E-state index contributed by atoms with van der Waals surface area (Å²) in [4.78, 5) is 0. The van der Waals surface area contributed by atoms with Gasteiger partial charge in [0.05, 0.1) is 0 Å². The summed E-state index contributed by atoms with van der Waals surface area (Å²) in [6.07, 6.45) is 3.33. The zero-order valence-corrected chi connectivity index (χ0v) is 5.73. The summed E-state index contributed by atoms with van der Waals surface area (Å²) in [6, 6.07) is 0. The van der Waals surface area contributed by atoms with Gasteiger partial charge in [-0.2, -0.15) is 0 Å². The predicted molar refractivity (Wildman–Crippen MR) is 26.6 cm³/mol. The second-order valence-corrected chi connectivity index (χ2v) is 1.43. The summed E-state index contributed by atoms with van der Waals surface area (Å²) in [5.41, 5.74) is 0. The molecule has 0 aliphatic heterocycles. The Bertz CT molecular complexity index is 20.0. The summed E-state index contributed by atoms with van der Waals surface area (Å²) in [7, 11) is 0. The van der Waals surface area contributed by atoms with Crippen molar-refractivity contribution < 1.29 is 22.2 Å². The van der Waals surface area contributed by atoms with E-state index in [0.29, 0.717) is 6.61 Å². The Morgan fingerprint density at radius 2 is 1.86 bits per heavy atom. The molecule has 0 saturated carbocycles. The normalized spacial score (nSPS) is 7.71. The van der Waals surface area contributed by atoms with Crippen molar-refractivity contribution in [3.63, 3.8) is 0 Å². The molecule has 0 fully saturated rings. The van der Waals surface area contributed by atoms with Gasteiger partial charge in [0.15, 0.2) is 0 Å². The van der Waals surface area contributed by atoms with Crippen LogP contribution in [0.1, 0.15) is 26.2 Å². The summed E-state index contributed by atoms with van der Waals surface area (Å²) in [5.74, 6) is 0. The van der Waals surface area contributed by atoms with Crippen LogP contribution in [0.4, 0.5) is 0 Å². The Morgan fingerprint density at radius 1 is 1.29 bits per heavy atom. The molecule has 0 aromatic carbocycles. The van der Waals surface area contributed by atoms with Crippen molar-refractivity contribution in [1.82, 2.24) is 0 Å². The Hall–Kier alpha value is 0.479. The van der Waals surface area contributed by atoms with Gasteiger partial charge in [-0.3, -0.25) is 0 Å².